The first-order chi connectivity index (χ1) is 18.5. The molecule has 0 spiro atoms. The third kappa shape index (κ3) is 9.01. The van der Waals surface area contributed by atoms with E-state index in [1.165, 1.54) is 6.07 Å². The van der Waals surface area contributed by atoms with Crippen molar-refractivity contribution >= 4 is 5.91 Å². The SMILES string of the molecule is CC.CC(C)NCCCN(C(=O)CO)C(c1cc(-c2cc(F)ccc2F)cn1Cc1ccccc1)C(C)(C)C. The van der Waals surface area contributed by atoms with Crippen molar-refractivity contribution in [2.75, 3.05) is 19.7 Å². The van der Waals surface area contributed by atoms with Crippen molar-refractivity contribution in [3.05, 3.63) is 83.7 Å². The van der Waals surface area contributed by atoms with Crippen molar-refractivity contribution in [3.63, 3.8) is 0 Å². The van der Waals surface area contributed by atoms with E-state index in [1.807, 2.05) is 81.8 Å². The fourth-order valence-electron chi connectivity index (χ4n) is 4.74. The van der Waals surface area contributed by atoms with Crippen LogP contribution in [0.5, 0.6) is 0 Å². The van der Waals surface area contributed by atoms with Gasteiger partial charge in [0.15, 0.2) is 0 Å². The van der Waals surface area contributed by atoms with Crippen LogP contribution < -0.4 is 5.32 Å². The van der Waals surface area contributed by atoms with Gasteiger partial charge in [-0.1, -0.05) is 78.8 Å². The number of halogens is 2. The quantitative estimate of drug-likeness (QED) is 0.262. The van der Waals surface area contributed by atoms with Gasteiger partial charge in [0.25, 0.3) is 0 Å². The Labute approximate surface area is 232 Å². The van der Waals surface area contributed by atoms with E-state index in [4.69, 9.17) is 0 Å². The van der Waals surface area contributed by atoms with Crippen molar-refractivity contribution < 1.29 is 18.7 Å². The average molecular weight is 542 g/mol. The van der Waals surface area contributed by atoms with Crippen LogP contribution in [-0.4, -0.2) is 46.2 Å². The first-order valence-corrected chi connectivity index (χ1v) is 13.8. The molecule has 0 saturated carbocycles. The Kier molecular flexibility index (Phi) is 12.3. The first-order valence-electron chi connectivity index (χ1n) is 13.8. The molecule has 0 fully saturated rings. The van der Waals surface area contributed by atoms with E-state index in [9.17, 15) is 18.7 Å². The van der Waals surface area contributed by atoms with Crippen molar-refractivity contribution in [2.45, 2.75) is 73.5 Å². The predicted octanol–water partition coefficient (Wildman–Crippen LogP) is 6.80. The molecule has 39 heavy (non-hydrogen) atoms. The third-order valence-corrected chi connectivity index (χ3v) is 6.36. The van der Waals surface area contributed by atoms with Gasteiger partial charge in [-0.3, -0.25) is 4.79 Å². The van der Waals surface area contributed by atoms with E-state index in [0.717, 1.165) is 29.9 Å². The minimum absolute atomic E-state index is 0.168. The second-order valence-corrected chi connectivity index (χ2v) is 10.9. The van der Waals surface area contributed by atoms with Crippen LogP contribution >= 0.6 is 0 Å². The zero-order valence-corrected chi connectivity index (χ0v) is 24.5. The second-order valence-electron chi connectivity index (χ2n) is 10.9. The Morgan fingerprint density at radius 3 is 2.31 bits per heavy atom. The van der Waals surface area contributed by atoms with Crippen molar-refractivity contribution in [1.29, 1.82) is 0 Å². The van der Waals surface area contributed by atoms with E-state index < -0.39 is 29.7 Å². The first kappa shape index (κ1) is 32.2. The number of amides is 1. The highest BCUT2D eigenvalue weighted by Crippen LogP contribution is 2.41. The molecular weight excluding hydrogens is 496 g/mol. The van der Waals surface area contributed by atoms with Crippen LogP contribution in [0.3, 0.4) is 0 Å². The number of nitrogens with zero attached hydrogens (tertiary/aromatic N) is 2. The number of hydrogen-bond acceptors (Lipinski definition) is 3. The van der Waals surface area contributed by atoms with Crippen molar-refractivity contribution in [2.24, 2.45) is 5.41 Å². The second kappa shape index (κ2) is 14.9. The molecule has 0 bridgehead atoms. The number of nitrogens with one attached hydrogen (secondary N) is 1. The molecule has 1 amide bonds. The van der Waals surface area contributed by atoms with Crippen LogP contribution in [0.15, 0.2) is 60.8 Å². The van der Waals surface area contributed by atoms with Crippen molar-refractivity contribution in [3.8, 4) is 11.1 Å². The molecule has 7 heteroatoms. The number of aromatic nitrogens is 1. The number of rotatable bonds is 11. The fraction of sp³-hybridized carbons (Fsp3) is 0.469. The number of aliphatic hydroxyl groups is 1. The molecule has 1 unspecified atom stereocenters. The van der Waals surface area contributed by atoms with Gasteiger partial charge < -0.3 is 19.9 Å². The van der Waals surface area contributed by atoms with Crippen LogP contribution in [0.1, 0.15) is 72.2 Å². The van der Waals surface area contributed by atoms with E-state index in [1.54, 1.807) is 4.90 Å². The molecule has 2 N–H and O–H groups in total. The molecule has 3 aromatic rings. The van der Waals surface area contributed by atoms with Crippen LogP contribution in [-0.2, 0) is 11.3 Å². The highest BCUT2D eigenvalue weighted by Gasteiger charge is 2.36. The molecule has 1 atom stereocenters. The highest BCUT2D eigenvalue weighted by molar-refractivity contribution is 5.78. The lowest BCUT2D eigenvalue weighted by molar-refractivity contribution is -0.139. The zero-order chi connectivity index (χ0) is 29.2. The molecule has 1 heterocycles. The Morgan fingerprint density at radius 1 is 1.05 bits per heavy atom. The Morgan fingerprint density at radius 2 is 1.72 bits per heavy atom. The smallest absolute Gasteiger partial charge is 0.248 e. The lowest BCUT2D eigenvalue weighted by atomic mass is 9.83. The number of aliphatic hydroxyl groups excluding tert-OH is 1. The molecule has 5 nitrogen and oxygen atoms in total. The maximum Gasteiger partial charge on any atom is 0.248 e. The molecule has 0 radical (unpaired) electrons. The van der Waals surface area contributed by atoms with Crippen LogP contribution in [0.4, 0.5) is 8.78 Å². The normalized spacial score (nSPS) is 12.2. The fourth-order valence-corrected chi connectivity index (χ4v) is 4.74. The number of benzene rings is 2. The minimum Gasteiger partial charge on any atom is -0.387 e. The summed E-state index contributed by atoms with van der Waals surface area (Å²) in [7, 11) is 0. The Bertz CT molecular complexity index is 1170. The summed E-state index contributed by atoms with van der Waals surface area (Å²) >= 11 is 0. The van der Waals surface area contributed by atoms with E-state index in [2.05, 4.69) is 19.2 Å². The summed E-state index contributed by atoms with van der Waals surface area (Å²) in [6.07, 6.45) is 2.53. The summed E-state index contributed by atoms with van der Waals surface area (Å²) in [4.78, 5) is 14.8. The van der Waals surface area contributed by atoms with Gasteiger partial charge in [0, 0.05) is 42.1 Å². The molecule has 2 aromatic carbocycles. The summed E-state index contributed by atoms with van der Waals surface area (Å²) in [6, 6.07) is 15.0. The Balaban J connectivity index is 0.00000260. The predicted molar refractivity (Wildman–Crippen MR) is 155 cm³/mol. The van der Waals surface area contributed by atoms with E-state index in [-0.39, 0.29) is 11.5 Å². The topological polar surface area (TPSA) is 57.5 Å². The standard InChI is InChI=1S/C30H39F2N3O2.C2H6/c1-21(2)33-14-9-15-35(28(37)20-36)29(30(3,4)5)27-16-23(25-17-24(31)12-13-26(25)32)19-34(27)18-22-10-7-6-8-11-22;1-2/h6-8,10-13,16-17,19,21,29,33,36H,9,14-15,18,20H2,1-5H3;1-2H3. The van der Waals surface area contributed by atoms with Crippen LogP contribution in [0.2, 0.25) is 0 Å². The summed E-state index contributed by atoms with van der Waals surface area (Å²) in [5.41, 5.74) is 2.13. The molecule has 0 aliphatic carbocycles. The van der Waals surface area contributed by atoms with Gasteiger partial charge in [-0.05, 0) is 48.2 Å². The lowest BCUT2D eigenvalue weighted by Crippen LogP contribution is -2.44. The number of carbonyl (C=O) groups is 1. The molecule has 0 saturated heterocycles. The third-order valence-electron chi connectivity index (χ3n) is 6.36. The van der Waals surface area contributed by atoms with Gasteiger partial charge in [-0.15, -0.1) is 0 Å². The molecule has 1 aromatic heterocycles. The molecular formula is C32H45F2N3O2. The Hall–Kier alpha value is -3.03. The monoisotopic (exact) mass is 541 g/mol. The molecule has 214 valence electrons. The lowest BCUT2D eigenvalue weighted by Gasteiger charge is -2.41. The van der Waals surface area contributed by atoms with Gasteiger partial charge in [0.05, 0.1) is 6.04 Å². The van der Waals surface area contributed by atoms with Gasteiger partial charge in [0.1, 0.15) is 18.2 Å². The number of carbonyl (C=O) groups excluding carboxylic acids is 1. The van der Waals surface area contributed by atoms with Crippen LogP contribution in [0, 0.1) is 17.0 Å². The number of hydrogen-bond donors (Lipinski definition) is 2. The highest BCUT2D eigenvalue weighted by atomic mass is 19.1. The summed E-state index contributed by atoms with van der Waals surface area (Å²) in [6.45, 7) is 15.3. The summed E-state index contributed by atoms with van der Waals surface area (Å²) < 4.78 is 30.9. The summed E-state index contributed by atoms with van der Waals surface area (Å²) in [5.74, 6) is -1.40. The van der Waals surface area contributed by atoms with E-state index in [0.29, 0.717) is 31.1 Å². The van der Waals surface area contributed by atoms with Crippen LogP contribution in [0.25, 0.3) is 11.1 Å². The maximum atomic E-state index is 14.8. The molecule has 0 aliphatic heterocycles. The van der Waals surface area contributed by atoms with Gasteiger partial charge in [-0.25, -0.2) is 8.78 Å². The largest absolute Gasteiger partial charge is 0.387 e. The zero-order valence-electron chi connectivity index (χ0n) is 24.5. The summed E-state index contributed by atoms with van der Waals surface area (Å²) in [5, 5.41) is 13.2. The minimum atomic E-state index is -0.602. The van der Waals surface area contributed by atoms with Gasteiger partial charge >= 0.3 is 0 Å². The van der Waals surface area contributed by atoms with E-state index >= 15 is 0 Å². The van der Waals surface area contributed by atoms with Gasteiger partial charge in [0.2, 0.25) is 5.91 Å². The molecule has 3 rings (SSSR count). The maximum absolute atomic E-state index is 14.8. The van der Waals surface area contributed by atoms with Crippen molar-refractivity contribution in [1.82, 2.24) is 14.8 Å². The van der Waals surface area contributed by atoms with Gasteiger partial charge in [-0.2, -0.15) is 0 Å². The molecule has 0 aliphatic rings. The average Bonchev–Trinajstić information content (AvgIpc) is 3.30.